The first kappa shape index (κ1) is 27.5. The van der Waals surface area contributed by atoms with Gasteiger partial charge in [-0.15, -0.1) is 0 Å². The molecular formula is C35H48O3S. The molecule has 0 aliphatic heterocycles. The average Bonchev–Trinajstić information content (AvgIpc) is 3.51. The van der Waals surface area contributed by atoms with E-state index in [1.165, 1.54) is 5.57 Å². The second kappa shape index (κ2) is 8.66. The normalized spacial score (nSPS) is 47.6. The molecule has 9 atom stereocenters. The molecule has 0 bridgehead atoms. The van der Waals surface area contributed by atoms with Crippen molar-refractivity contribution in [1.29, 1.82) is 0 Å². The predicted molar refractivity (Wildman–Crippen MR) is 159 cm³/mol. The first-order valence-corrected chi connectivity index (χ1v) is 16.3. The summed E-state index contributed by atoms with van der Waals surface area (Å²) in [5, 5.41) is 14.9. The Balaban J connectivity index is 1.42. The van der Waals surface area contributed by atoms with Crippen molar-refractivity contribution < 1.29 is 14.7 Å². The van der Waals surface area contributed by atoms with Crippen LogP contribution in [0.4, 0.5) is 0 Å². The SMILES string of the molecule is C=C(C)[C@@H]1CC[C@]2(C(=O)O)CC[C@]3(C)[C@H](CC[C@@H]4[C@@]5(C)C/C(=C\c6ccsc6)C(=O)C(C)(C)[C@@H]5CC[C@]43C)[C@@H]12. The first-order chi connectivity index (χ1) is 18.2. The molecule has 1 aromatic heterocycles. The molecule has 0 amide bonds. The van der Waals surface area contributed by atoms with Crippen LogP contribution in [0.1, 0.15) is 105 Å². The second-order valence-corrected chi connectivity index (χ2v) is 16.4. The molecule has 5 saturated carbocycles. The fourth-order valence-electron chi connectivity index (χ4n) is 12.0. The van der Waals surface area contributed by atoms with Gasteiger partial charge in [0.05, 0.1) is 5.41 Å². The number of rotatable bonds is 3. The third-order valence-electron chi connectivity index (χ3n) is 14.0. The van der Waals surface area contributed by atoms with Crippen LogP contribution in [0, 0.1) is 56.7 Å². The van der Waals surface area contributed by atoms with Crippen LogP contribution in [0.5, 0.6) is 0 Å². The number of carboxylic acids is 1. The van der Waals surface area contributed by atoms with E-state index in [1.807, 2.05) is 0 Å². The van der Waals surface area contributed by atoms with E-state index in [0.717, 1.165) is 68.9 Å². The van der Waals surface area contributed by atoms with Crippen LogP contribution in [-0.2, 0) is 9.59 Å². The fraction of sp³-hybridized carbons (Fsp3) is 0.714. The summed E-state index contributed by atoms with van der Waals surface area (Å²) in [6.45, 7) is 18.6. The summed E-state index contributed by atoms with van der Waals surface area (Å²) in [5.74, 6) is 1.65. The molecule has 5 aliphatic carbocycles. The number of allylic oxidation sites excluding steroid dienone is 2. The molecule has 0 radical (unpaired) electrons. The third kappa shape index (κ3) is 3.45. The molecule has 5 aliphatic rings. The van der Waals surface area contributed by atoms with Gasteiger partial charge in [-0.2, -0.15) is 11.3 Å². The van der Waals surface area contributed by atoms with Gasteiger partial charge in [0.15, 0.2) is 5.78 Å². The molecule has 3 nitrogen and oxygen atoms in total. The van der Waals surface area contributed by atoms with E-state index in [2.05, 4.69) is 71.0 Å². The Labute approximate surface area is 239 Å². The van der Waals surface area contributed by atoms with Crippen molar-refractivity contribution in [3.8, 4) is 0 Å². The van der Waals surface area contributed by atoms with E-state index in [1.54, 1.807) is 11.3 Å². The molecule has 5 fully saturated rings. The standard InChI is InChI=1S/C35H48O3S/c1-21(2)24-10-14-35(30(37)38)16-15-33(6)25(28(24)35)8-9-27-32(5)19-23(18-22-12-17-39-20-22)29(36)31(3,4)26(32)11-13-34(27,33)7/h12,17-18,20,24-28H,1,8-11,13-16,19H2,2-7H3,(H,37,38)/b23-18+/t24-,25+,26-,27+,28+,32-,33+,34+,35-/m0/s1. The smallest absolute Gasteiger partial charge is 0.309 e. The van der Waals surface area contributed by atoms with Crippen LogP contribution >= 0.6 is 11.3 Å². The van der Waals surface area contributed by atoms with Crippen LogP contribution in [0.25, 0.3) is 6.08 Å². The zero-order valence-corrected chi connectivity index (χ0v) is 25.8. The quantitative estimate of drug-likeness (QED) is 0.303. The maximum Gasteiger partial charge on any atom is 0.309 e. The molecule has 0 unspecified atom stereocenters. The lowest BCUT2D eigenvalue weighted by Gasteiger charge is -2.72. The highest BCUT2D eigenvalue weighted by atomic mass is 32.1. The first-order valence-electron chi connectivity index (χ1n) is 15.4. The van der Waals surface area contributed by atoms with E-state index < -0.39 is 11.4 Å². The second-order valence-electron chi connectivity index (χ2n) is 15.6. The molecule has 1 heterocycles. The molecule has 39 heavy (non-hydrogen) atoms. The largest absolute Gasteiger partial charge is 0.481 e. The Morgan fingerprint density at radius 2 is 1.74 bits per heavy atom. The molecule has 0 aromatic carbocycles. The van der Waals surface area contributed by atoms with Crippen molar-refractivity contribution in [2.24, 2.45) is 56.7 Å². The van der Waals surface area contributed by atoms with Crippen molar-refractivity contribution in [2.45, 2.75) is 99.3 Å². The molecular weight excluding hydrogens is 500 g/mol. The van der Waals surface area contributed by atoms with Gasteiger partial charge in [0.25, 0.3) is 0 Å². The lowest BCUT2D eigenvalue weighted by molar-refractivity contribution is -0.231. The maximum absolute atomic E-state index is 13.9. The zero-order chi connectivity index (χ0) is 28.2. The number of hydrogen-bond acceptors (Lipinski definition) is 3. The van der Waals surface area contributed by atoms with E-state index in [4.69, 9.17) is 0 Å². The molecule has 0 saturated heterocycles. The van der Waals surface area contributed by atoms with Crippen LogP contribution in [0.3, 0.4) is 0 Å². The number of carboxylic acid groups (broad SMARTS) is 1. The van der Waals surface area contributed by atoms with Crippen molar-refractivity contribution >= 4 is 29.2 Å². The minimum atomic E-state index is -0.576. The highest BCUT2D eigenvalue weighted by Gasteiger charge is 2.72. The molecule has 0 spiro atoms. The summed E-state index contributed by atoms with van der Waals surface area (Å²) in [5.41, 5.74) is 2.71. The predicted octanol–water partition coefficient (Wildman–Crippen LogP) is 9.05. The lowest BCUT2D eigenvalue weighted by atomic mass is 9.32. The van der Waals surface area contributed by atoms with Crippen LogP contribution in [0.2, 0.25) is 0 Å². The number of ketones is 1. The van der Waals surface area contributed by atoms with Crippen LogP contribution < -0.4 is 0 Å². The van der Waals surface area contributed by atoms with Crippen molar-refractivity contribution in [1.82, 2.24) is 0 Å². The summed E-state index contributed by atoms with van der Waals surface area (Å²) >= 11 is 1.69. The fourth-order valence-corrected chi connectivity index (χ4v) is 12.7. The Morgan fingerprint density at radius 1 is 1.00 bits per heavy atom. The van der Waals surface area contributed by atoms with Gasteiger partial charge in [0.1, 0.15) is 0 Å². The summed E-state index contributed by atoms with van der Waals surface area (Å²) in [7, 11) is 0. The van der Waals surface area contributed by atoms with Crippen molar-refractivity contribution in [3.63, 3.8) is 0 Å². The Bertz CT molecular complexity index is 1240. The number of fused-ring (bicyclic) bond motifs is 7. The minimum absolute atomic E-state index is 0.0605. The Kier molecular flexibility index (Phi) is 6.11. The molecule has 6 rings (SSSR count). The summed E-state index contributed by atoms with van der Waals surface area (Å²) < 4.78 is 0. The molecule has 212 valence electrons. The van der Waals surface area contributed by atoms with E-state index in [0.29, 0.717) is 29.5 Å². The highest BCUT2D eigenvalue weighted by molar-refractivity contribution is 7.08. The van der Waals surface area contributed by atoms with Gasteiger partial charge in [-0.05, 0) is 145 Å². The van der Waals surface area contributed by atoms with Gasteiger partial charge in [-0.25, -0.2) is 0 Å². The van der Waals surface area contributed by atoms with Crippen molar-refractivity contribution in [3.05, 3.63) is 40.1 Å². The van der Waals surface area contributed by atoms with Gasteiger partial charge < -0.3 is 5.11 Å². The van der Waals surface area contributed by atoms with Gasteiger partial charge in [0, 0.05) is 5.41 Å². The number of carbonyl (C=O) groups is 2. The zero-order valence-electron chi connectivity index (χ0n) is 24.9. The van der Waals surface area contributed by atoms with E-state index in [9.17, 15) is 14.7 Å². The molecule has 4 heteroatoms. The summed E-state index contributed by atoms with van der Waals surface area (Å²) in [4.78, 5) is 26.8. The van der Waals surface area contributed by atoms with Gasteiger partial charge in [-0.1, -0.05) is 46.8 Å². The average molecular weight is 549 g/mol. The monoisotopic (exact) mass is 548 g/mol. The van der Waals surface area contributed by atoms with Crippen LogP contribution in [-0.4, -0.2) is 16.9 Å². The lowest BCUT2D eigenvalue weighted by Crippen LogP contribution is -2.67. The van der Waals surface area contributed by atoms with Gasteiger partial charge in [0.2, 0.25) is 0 Å². The van der Waals surface area contributed by atoms with Crippen molar-refractivity contribution in [2.75, 3.05) is 0 Å². The minimum Gasteiger partial charge on any atom is -0.481 e. The highest BCUT2D eigenvalue weighted by Crippen LogP contribution is 2.77. The summed E-state index contributed by atoms with van der Waals surface area (Å²) in [6.07, 6.45) is 11.2. The number of Topliss-reactive ketones (excluding diaryl/α,β-unsaturated/α-hetero) is 1. The third-order valence-corrected chi connectivity index (χ3v) is 14.7. The topological polar surface area (TPSA) is 54.4 Å². The van der Waals surface area contributed by atoms with E-state index >= 15 is 0 Å². The Hall–Kier alpha value is -1.68. The number of hydrogen-bond donors (Lipinski definition) is 1. The van der Waals surface area contributed by atoms with Gasteiger partial charge >= 0.3 is 5.97 Å². The molecule has 1 aromatic rings. The van der Waals surface area contributed by atoms with Gasteiger partial charge in [-0.3, -0.25) is 9.59 Å². The number of aliphatic carboxylic acids is 1. The number of carbonyl (C=O) groups excluding carboxylic acids is 1. The maximum atomic E-state index is 13.9. The Morgan fingerprint density at radius 3 is 2.38 bits per heavy atom. The van der Waals surface area contributed by atoms with E-state index in [-0.39, 0.29) is 27.6 Å². The number of thiophene rings is 1. The summed E-state index contributed by atoms with van der Waals surface area (Å²) in [6, 6.07) is 2.12. The van der Waals surface area contributed by atoms with Crippen LogP contribution in [0.15, 0.2) is 34.6 Å². The molecule has 1 N–H and O–H groups in total.